The molecule has 23 heavy (non-hydrogen) atoms. The van der Waals surface area contributed by atoms with Crippen molar-refractivity contribution in [3.63, 3.8) is 0 Å². The van der Waals surface area contributed by atoms with Gasteiger partial charge in [-0.25, -0.2) is 4.98 Å². The molecule has 3 aromatic rings. The number of aromatic nitrogens is 2. The van der Waals surface area contributed by atoms with Gasteiger partial charge in [0.15, 0.2) is 5.82 Å². The van der Waals surface area contributed by atoms with Crippen molar-refractivity contribution in [3.05, 3.63) is 47.2 Å². The van der Waals surface area contributed by atoms with Crippen LogP contribution in [0.15, 0.2) is 52.1 Å². The summed E-state index contributed by atoms with van der Waals surface area (Å²) in [7, 11) is -1.02. The maximum atomic E-state index is 11.6. The third-order valence-electron chi connectivity index (χ3n) is 3.35. The van der Waals surface area contributed by atoms with Crippen LogP contribution in [0.25, 0.3) is 16.8 Å². The van der Waals surface area contributed by atoms with Crippen LogP contribution in [0.5, 0.6) is 0 Å². The summed E-state index contributed by atoms with van der Waals surface area (Å²) in [5, 5.41) is 2.69. The van der Waals surface area contributed by atoms with Gasteiger partial charge in [0.2, 0.25) is 5.91 Å². The van der Waals surface area contributed by atoms with Crippen molar-refractivity contribution in [1.82, 2.24) is 9.38 Å². The quantitative estimate of drug-likeness (QED) is 0.743. The molecule has 118 valence electrons. The second-order valence-electron chi connectivity index (χ2n) is 5.06. The topological polar surface area (TPSA) is 63.5 Å². The highest BCUT2D eigenvalue weighted by Gasteiger charge is 2.12. The number of nitrogens with one attached hydrogen (secondary N) is 1. The van der Waals surface area contributed by atoms with Gasteiger partial charge >= 0.3 is 0 Å². The average Bonchev–Trinajstić information content (AvgIpc) is 2.82. The Balaban J connectivity index is 2.09. The summed E-state index contributed by atoms with van der Waals surface area (Å²) in [6.45, 7) is 1.44. The van der Waals surface area contributed by atoms with E-state index in [0.29, 0.717) is 10.4 Å². The second-order valence-corrected chi connectivity index (χ2v) is 7.19. The molecule has 0 bridgehead atoms. The third-order valence-corrected chi connectivity index (χ3v) is 5.03. The van der Waals surface area contributed by atoms with Crippen molar-refractivity contribution >= 4 is 44.1 Å². The third kappa shape index (κ3) is 3.20. The molecule has 0 fully saturated rings. The molecule has 0 aliphatic carbocycles. The van der Waals surface area contributed by atoms with Gasteiger partial charge in [0.25, 0.3) is 0 Å². The summed E-state index contributed by atoms with van der Waals surface area (Å²) in [5.74, 6) is 0.311. The lowest BCUT2D eigenvalue weighted by molar-refractivity contribution is -0.114. The number of amides is 1. The van der Waals surface area contributed by atoms with Crippen molar-refractivity contribution < 1.29 is 9.00 Å². The molecular formula is C16H14BrN3O2S. The molecule has 1 aromatic carbocycles. The Bertz CT molecular complexity index is 936. The predicted molar refractivity (Wildman–Crippen MR) is 95.0 cm³/mol. The first-order valence-corrected chi connectivity index (χ1v) is 9.20. The zero-order chi connectivity index (χ0) is 16.6. The van der Waals surface area contributed by atoms with Crippen molar-refractivity contribution in [2.45, 2.75) is 11.8 Å². The molecule has 0 aliphatic heterocycles. The fraction of sp³-hybridized carbons (Fsp3) is 0.125. The number of nitrogens with zero attached hydrogens (tertiary/aromatic N) is 2. The van der Waals surface area contributed by atoms with E-state index in [0.717, 1.165) is 21.7 Å². The Labute approximate surface area is 144 Å². The van der Waals surface area contributed by atoms with Crippen LogP contribution in [0, 0.1) is 0 Å². The number of halogens is 1. The van der Waals surface area contributed by atoms with Gasteiger partial charge in [0, 0.05) is 35.1 Å². The lowest BCUT2D eigenvalue weighted by Gasteiger charge is -2.05. The van der Waals surface area contributed by atoms with Crippen LogP contribution in [-0.2, 0) is 15.6 Å². The summed E-state index contributed by atoms with van der Waals surface area (Å²) in [6.07, 6.45) is 3.59. The highest BCUT2D eigenvalue weighted by atomic mass is 79.9. The summed E-state index contributed by atoms with van der Waals surface area (Å²) in [4.78, 5) is 16.4. The molecule has 0 aliphatic rings. The maximum Gasteiger partial charge on any atom is 0.222 e. The Morgan fingerprint density at radius 1 is 1.26 bits per heavy atom. The number of pyridine rings is 1. The fourth-order valence-corrected chi connectivity index (χ4v) is 3.32. The first-order valence-electron chi connectivity index (χ1n) is 6.85. The Hall–Kier alpha value is -1.99. The molecule has 0 saturated carbocycles. The molecule has 7 heteroatoms. The summed E-state index contributed by atoms with van der Waals surface area (Å²) in [6, 6.07) is 11.4. The summed E-state index contributed by atoms with van der Waals surface area (Å²) >= 11 is 3.46. The van der Waals surface area contributed by atoms with Crippen molar-refractivity contribution in [2.24, 2.45) is 0 Å². The van der Waals surface area contributed by atoms with Crippen LogP contribution in [0.4, 0.5) is 5.82 Å². The Kier molecular flexibility index (Phi) is 4.32. The fourth-order valence-electron chi connectivity index (χ4n) is 2.29. The van der Waals surface area contributed by atoms with Crippen molar-refractivity contribution in [1.29, 1.82) is 0 Å². The summed E-state index contributed by atoms with van der Waals surface area (Å²) < 4.78 is 14.2. The van der Waals surface area contributed by atoms with E-state index in [1.807, 2.05) is 47.0 Å². The van der Waals surface area contributed by atoms with E-state index in [1.165, 1.54) is 6.92 Å². The highest BCUT2D eigenvalue weighted by Crippen LogP contribution is 2.28. The molecule has 3 rings (SSSR count). The lowest BCUT2D eigenvalue weighted by Crippen LogP contribution is -2.06. The van der Waals surface area contributed by atoms with E-state index in [9.17, 15) is 9.00 Å². The molecule has 1 amide bonds. The standard InChI is InChI=1S/C16H14BrN3O2S/c1-10(21)18-16-15(17)20-9-12(6-7-14(20)19-16)11-4-3-5-13(8-11)23(2)22/h3-9H,1-2H3,(H,18,21). The number of imidazole rings is 1. The van der Waals surface area contributed by atoms with Crippen molar-refractivity contribution in [2.75, 3.05) is 11.6 Å². The molecule has 0 saturated heterocycles. The molecular weight excluding hydrogens is 378 g/mol. The molecule has 0 spiro atoms. The van der Waals surface area contributed by atoms with Gasteiger partial charge in [-0.2, -0.15) is 0 Å². The monoisotopic (exact) mass is 391 g/mol. The van der Waals surface area contributed by atoms with E-state index >= 15 is 0 Å². The normalized spacial score (nSPS) is 12.3. The molecule has 1 atom stereocenters. The van der Waals surface area contributed by atoms with Crippen LogP contribution in [0.1, 0.15) is 6.92 Å². The lowest BCUT2D eigenvalue weighted by atomic mass is 10.1. The van der Waals surface area contributed by atoms with Gasteiger partial charge in [-0.05, 0) is 51.3 Å². The van der Waals surface area contributed by atoms with Gasteiger partial charge in [-0.1, -0.05) is 12.1 Å². The number of anilines is 1. The van der Waals surface area contributed by atoms with E-state index < -0.39 is 10.8 Å². The smallest absolute Gasteiger partial charge is 0.222 e. The largest absolute Gasteiger partial charge is 0.309 e. The zero-order valence-electron chi connectivity index (χ0n) is 12.5. The molecule has 1 N–H and O–H groups in total. The number of carbonyl (C=O) groups is 1. The van der Waals surface area contributed by atoms with Crippen LogP contribution in [0.3, 0.4) is 0 Å². The van der Waals surface area contributed by atoms with Gasteiger partial charge in [0.1, 0.15) is 10.3 Å². The predicted octanol–water partition coefficient (Wildman–Crippen LogP) is 3.46. The van der Waals surface area contributed by atoms with Crippen LogP contribution in [-0.4, -0.2) is 25.8 Å². The van der Waals surface area contributed by atoms with Crippen molar-refractivity contribution in [3.8, 4) is 11.1 Å². The first-order chi connectivity index (χ1) is 11.0. The second kappa shape index (κ2) is 6.25. The van der Waals surface area contributed by atoms with Gasteiger partial charge in [-0.15, -0.1) is 0 Å². The van der Waals surface area contributed by atoms with E-state index in [4.69, 9.17) is 0 Å². The van der Waals surface area contributed by atoms with E-state index in [-0.39, 0.29) is 5.91 Å². The highest BCUT2D eigenvalue weighted by molar-refractivity contribution is 9.10. The van der Waals surface area contributed by atoms with E-state index in [1.54, 1.807) is 6.26 Å². The number of benzene rings is 1. The number of hydrogen-bond donors (Lipinski definition) is 1. The van der Waals surface area contributed by atoms with Crippen LogP contribution in [0.2, 0.25) is 0 Å². The molecule has 0 radical (unpaired) electrons. The minimum absolute atomic E-state index is 0.174. The SMILES string of the molecule is CC(=O)Nc1nc2ccc(-c3cccc(S(C)=O)c3)cn2c1Br. The van der Waals surface area contributed by atoms with Crippen LogP contribution < -0.4 is 5.32 Å². The minimum Gasteiger partial charge on any atom is -0.309 e. The first kappa shape index (κ1) is 15.9. The molecule has 2 aromatic heterocycles. The zero-order valence-corrected chi connectivity index (χ0v) is 14.9. The number of hydrogen-bond acceptors (Lipinski definition) is 3. The summed E-state index contributed by atoms with van der Waals surface area (Å²) in [5.41, 5.74) is 2.66. The molecule has 1 unspecified atom stereocenters. The Morgan fingerprint density at radius 3 is 2.74 bits per heavy atom. The number of rotatable bonds is 3. The number of carbonyl (C=O) groups excluding carboxylic acids is 1. The molecule has 2 heterocycles. The van der Waals surface area contributed by atoms with Gasteiger partial charge < -0.3 is 5.32 Å². The van der Waals surface area contributed by atoms with Gasteiger partial charge in [-0.3, -0.25) is 13.4 Å². The molecule has 5 nitrogen and oxygen atoms in total. The van der Waals surface area contributed by atoms with Gasteiger partial charge in [0.05, 0.1) is 0 Å². The number of fused-ring (bicyclic) bond motifs is 1. The Morgan fingerprint density at radius 2 is 2.04 bits per heavy atom. The average molecular weight is 392 g/mol. The van der Waals surface area contributed by atoms with E-state index in [2.05, 4.69) is 26.2 Å². The maximum absolute atomic E-state index is 11.6. The van der Waals surface area contributed by atoms with Crippen LogP contribution >= 0.6 is 15.9 Å². The minimum atomic E-state index is -1.02.